The minimum Gasteiger partial charge on any atom is -0.395 e. The van der Waals surface area contributed by atoms with Crippen LogP contribution in [-0.4, -0.2) is 53.3 Å². The minimum absolute atomic E-state index is 0.0548. The molecule has 9 nitrogen and oxygen atoms in total. The third-order valence-corrected chi connectivity index (χ3v) is 6.18. The van der Waals surface area contributed by atoms with E-state index in [0.717, 1.165) is 18.0 Å². The molecule has 1 aromatic heterocycles. The normalized spacial score (nSPS) is 11.9. The third kappa shape index (κ3) is 7.41. The van der Waals surface area contributed by atoms with Crippen molar-refractivity contribution in [2.45, 2.75) is 39.7 Å². The number of hydrogen-bond acceptors (Lipinski definition) is 7. The molecule has 3 amide bonds. The molecule has 0 bridgehead atoms. The monoisotopic (exact) mass is 509 g/mol. The van der Waals surface area contributed by atoms with Crippen molar-refractivity contribution in [2.24, 2.45) is 11.7 Å². The highest BCUT2D eigenvalue weighted by Crippen LogP contribution is 2.29. The number of carbonyl (C=O) groups excluding carboxylic acids is 3. The van der Waals surface area contributed by atoms with Gasteiger partial charge in [0.1, 0.15) is 10.9 Å². The van der Waals surface area contributed by atoms with E-state index in [1.54, 1.807) is 24.3 Å². The zero-order valence-corrected chi connectivity index (χ0v) is 21.2. The molecule has 0 aliphatic heterocycles. The maximum atomic E-state index is 13.7. The molecule has 5 N–H and O–H groups in total. The Bertz CT molecular complexity index is 980. The average Bonchev–Trinajstić information content (AvgIpc) is 3.17. The summed E-state index contributed by atoms with van der Waals surface area (Å²) in [7, 11) is 0. The maximum Gasteiger partial charge on any atom is 0.270 e. The van der Waals surface area contributed by atoms with Gasteiger partial charge in [-0.05, 0) is 54.9 Å². The van der Waals surface area contributed by atoms with Crippen LogP contribution in [-0.2, 0) is 9.53 Å². The Hall–Kier alpha value is -2.69. The number of anilines is 1. The molecule has 1 unspecified atom stereocenters. The van der Waals surface area contributed by atoms with Crippen LogP contribution >= 0.6 is 23.1 Å². The Balaban J connectivity index is 2.46. The Morgan fingerprint density at radius 2 is 1.91 bits per heavy atom. The standard InChI is InChI=1S/C23H32ClN5O4S/c1-4-33-13-5-12-29(23(32)20-17(25)18(21(26)30)28-34-20)19(15-6-8-16(24)9-7-15)22(31)27-11-10-14(2)3/h6-9,14,19H,4-5,10-13,25H2,1-3H3,(H2,26,30)(H,27,31). The van der Waals surface area contributed by atoms with Crippen molar-refractivity contribution in [2.75, 3.05) is 32.0 Å². The predicted molar refractivity (Wildman–Crippen MR) is 134 cm³/mol. The molecule has 0 aliphatic carbocycles. The van der Waals surface area contributed by atoms with E-state index in [1.165, 1.54) is 4.90 Å². The first-order valence-corrected chi connectivity index (χ1v) is 12.3. The molecule has 186 valence electrons. The Kier molecular flexibility index (Phi) is 10.7. The zero-order valence-electron chi connectivity index (χ0n) is 19.7. The van der Waals surface area contributed by atoms with Crippen molar-refractivity contribution in [3.63, 3.8) is 0 Å². The van der Waals surface area contributed by atoms with E-state index in [1.807, 2.05) is 6.92 Å². The van der Waals surface area contributed by atoms with Gasteiger partial charge in [-0.15, -0.1) is 0 Å². The van der Waals surface area contributed by atoms with Crippen molar-refractivity contribution >= 4 is 46.5 Å². The first-order valence-electron chi connectivity index (χ1n) is 11.1. The summed E-state index contributed by atoms with van der Waals surface area (Å²) < 4.78 is 9.37. The van der Waals surface area contributed by atoms with Crippen molar-refractivity contribution in [3.05, 3.63) is 45.4 Å². The molecule has 0 aliphatic rings. The molecule has 2 aromatic rings. The second-order valence-electron chi connectivity index (χ2n) is 8.11. The highest BCUT2D eigenvalue weighted by molar-refractivity contribution is 7.09. The van der Waals surface area contributed by atoms with E-state index >= 15 is 0 Å². The fourth-order valence-corrected chi connectivity index (χ4v) is 4.17. The first-order chi connectivity index (χ1) is 16.2. The van der Waals surface area contributed by atoms with Gasteiger partial charge in [-0.2, -0.15) is 4.37 Å². The number of ether oxygens (including phenoxy) is 1. The number of halogens is 1. The zero-order chi connectivity index (χ0) is 25.3. The minimum atomic E-state index is -0.947. The SMILES string of the molecule is CCOCCCN(C(=O)c1snc(C(N)=O)c1N)C(C(=O)NCCC(C)C)c1ccc(Cl)cc1. The van der Waals surface area contributed by atoms with E-state index < -0.39 is 17.9 Å². The van der Waals surface area contributed by atoms with Gasteiger partial charge in [0, 0.05) is 31.3 Å². The van der Waals surface area contributed by atoms with Crippen LogP contribution in [0.4, 0.5) is 5.69 Å². The van der Waals surface area contributed by atoms with Crippen LogP contribution in [0.3, 0.4) is 0 Å². The Labute approximate surface area is 208 Å². The number of benzene rings is 1. The van der Waals surface area contributed by atoms with Gasteiger partial charge in [0.25, 0.3) is 11.8 Å². The molecule has 34 heavy (non-hydrogen) atoms. The summed E-state index contributed by atoms with van der Waals surface area (Å²) in [6, 6.07) is 5.81. The summed E-state index contributed by atoms with van der Waals surface area (Å²) in [6.45, 7) is 7.64. The molecule has 0 saturated carbocycles. The summed E-state index contributed by atoms with van der Waals surface area (Å²) in [5.41, 5.74) is 11.7. The van der Waals surface area contributed by atoms with Crippen LogP contribution < -0.4 is 16.8 Å². The molecule has 1 aromatic carbocycles. The van der Waals surface area contributed by atoms with Crippen LogP contribution in [0.2, 0.25) is 5.02 Å². The second-order valence-corrected chi connectivity index (χ2v) is 9.32. The maximum absolute atomic E-state index is 13.7. The lowest BCUT2D eigenvalue weighted by atomic mass is 10.0. The van der Waals surface area contributed by atoms with E-state index in [4.69, 9.17) is 27.8 Å². The molecule has 1 atom stereocenters. The van der Waals surface area contributed by atoms with Crippen LogP contribution in [0.5, 0.6) is 0 Å². The largest absolute Gasteiger partial charge is 0.395 e. The van der Waals surface area contributed by atoms with Crippen molar-refractivity contribution in [3.8, 4) is 0 Å². The summed E-state index contributed by atoms with van der Waals surface area (Å²) in [5, 5.41) is 3.45. The molecule has 11 heteroatoms. The smallest absolute Gasteiger partial charge is 0.270 e. The Morgan fingerprint density at radius 3 is 2.47 bits per heavy atom. The number of rotatable bonds is 13. The lowest BCUT2D eigenvalue weighted by molar-refractivity contribution is -0.126. The van der Waals surface area contributed by atoms with Gasteiger partial charge in [0.2, 0.25) is 5.91 Å². The predicted octanol–water partition coefficient (Wildman–Crippen LogP) is 3.25. The van der Waals surface area contributed by atoms with E-state index in [-0.39, 0.29) is 28.7 Å². The summed E-state index contributed by atoms with van der Waals surface area (Å²) in [4.78, 5) is 40.1. The number of aromatic nitrogens is 1. The van der Waals surface area contributed by atoms with Gasteiger partial charge in [-0.25, -0.2) is 0 Å². The van der Waals surface area contributed by atoms with Gasteiger partial charge in [-0.3, -0.25) is 14.4 Å². The molecule has 0 spiro atoms. The van der Waals surface area contributed by atoms with Gasteiger partial charge in [0.05, 0.1) is 5.69 Å². The summed E-state index contributed by atoms with van der Waals surface area (Å²) in [5.74, 6) is -1.26. The number of nitrogen functional groups attached to an aromatic ring is 1. The highest BCUT2D eigenvalue weighted by Gasteiger charge is 2.34. The molecular weight excluding hydrogens is 478 g/mol. The van der Waals surface area contributed by atoms with Crippen molar-refractivity contribution in [1.82, 2.24) is 14.6 Å². The summed E-state index contributed by atoms with van der Waals surface area (Å²) in [6.07, 6.45) is 1.28. The first kappa shape index (κ1) is 27.6. The van der Waals surface area contributed by atoms with E-state index in [2.05, 4.69) is 23.5 Å². The average molecular weight is 510 g/mol. The lowest BCUT2D eigenvalue weighted by Gasteiger charge is -2.31. The van der Waals surface area contributed by atoms with Gasteiger partial charge < -0.3 is 26.4 Å². The molecule has 1 heterocycles. The molecule has 0 saturated heterocycles. The van der Waals surface area contributed by atoms with Crippen LogP contribution in [0, 0.1) is 5.92 Å². The third-order valence-electron chi connectivity index (χ3n) is 5.07. The van der Waals surface area contributed by atoms with Crippen LogP contribution in [0.1, 0.15) is 65.4 Å². The quantitative estimate of drug-likeness (QED) is 0.354. The number of primary amides is 1. The number of nitrogens with zero attached hydrogens (tertiary/aromatic N) is 2. The van der Waals surface area contributed by atoms with Crippen LogP contribution in [0.15, 0.2) is 24.3 Å². The number of carbonyl (C=O) groups is 3. The molecule has 0 fully saturated rings. The molecule has 0 radical (unpaired) electrons. The summed E-state index contributed by atoms with van der Waals surface area (Å²) >= 11 is 6.84. The Morgan fingerprint density at radius 1 is 1.24 bits per heavy atom. The fourth-order valence-electron chi connectivity index (χ4n) is 3.29. The van der Waals surface area contributed by atoms with Crippen molar-refractivity contribution < 1.29 is 19.1 Å². The van der Waals surface area contributed by atoms with E-state index in [0.29, 0.717) is 42.7 Å². The van der Waals surface area contributed by atoms with Gasteiger partial charge >= 0.3 is 0 Å². The van der Waals surface area contributed by atoms with E-state index in [9.17, 15) is 14.4 Å². The number of hydrogen-bond donors (Lipinski definition) is 3. The number of nitrogens with one attached hydrogen (secondary N) is 1. The fraction of sp³-hybridized carbons (Fsp3) is 0.478. The molecule has 2 rings (SSSR count). The van der Waals surface area contributed by atoms with Gasteiger partial charge in [0.15, 0.2) is 5.69 Å². The molecular formula is C23H32ClN5O4S. The lowest BCUT2D eigenvalue weighted by Crippen LogP contribution is -2.44. The van der Waals surface area contributed by atoms with Gasteiger partial charge in [-0.1, -0.05) is 37.6 Å². The van der Waals surface area contributed by atoms with Crippen molar-refractivity contribution in [1.29, 1.82) is 0 Å². The topological polar surface area (TPSA) is 141 Å². The second kappa shape index (κ2) is 13.3. The number of amides is 3. The number of nitrogens with two attached hydrogens (primary N) is 2. The highest BCUT2D eigenvalue weighted by atomic mass is 35.5. The van der Waals surface area contributed by atoms with Crippen LogP contribution in [0.25, 0.3) is 0 Å².